The number of quaternary nitrogens is 1. The molecule has 4 nitrogen and oxygen atoms in total. The number of unbranched alkanes of at least 4 members (excludes halogenated alkanes) is 9. The normalized spacial score (nSPS) is 11.0. The van der Waals surface area contributed by atoms with Gasteiger partial charge in [-0.05, 0) is 31.9 Å². The van der Waals surface area contributed by atoms with Crippen molar-refractivity contribution in [3.63, 3.8) is 0 Å². The van der Waals surface area contributed by atoms with E-state index in [9.17, 15) is 13.0 Å². The van der Waals surface area contributed by atoms with E-state index < -0.39 is 10.1 Å². The molecule has 0 atom stereocenters. The van der Waals surface area contributed by atoms with E-state index in [0.29, 0.717) is 0 Å². The van der Waals surface area contributed by atoms with E-state index >= 15 is 0 Å². The van der Waals surface area contributed by atoms with Gasteiger partial charge in [0.2, 0.25) is 0 Å². The Morgan fingerprint density at radius 2 is 1.18 bits per heavy atom. The Bertz CT molecular complexity index is 978. The van der Waals surface area contributed by atoms with Crippen molar-refractivity contribution >= 4 is 10.1 Å². The minimum Gasteiger partial charge on any atom is -0.748 e. The summed E-state index contributed by atoms with van der Waals surface area (Å²) in [7, 11) is 0.454. The van der Waals surface area contributed by atoms with Crippen LogP contribution < -0.4 is 0 Å². The molecule has 0 heterocycles. The van der Waals surface area contributed by atoms with E-state index in [-0.39, 0.29) is 22.0 Å². The van der Waals surface area contributed by atoms with Crippen LogP contribution in [-0.4, -0.2) is 38.1 Å². The molecule has 0 amide bonds. The molecule has 3 aromatic rings. The summed E-state index contributed by atoms with van der Waals surface area (Å²) in [4.78, 5) is -0.178. The quantitative estimate of drug-likeness (QED) is 0.0632. The van der Waals surface area contributed by atoms with E-state index in [1.54, 1.807) is 12.1 Å². The number of nitrogens with zero attached hydrogens (tertiary/aromatic N) is 1. The SMILES string of the molecule is CCCCCCCCCCCC[N+](C)(C)C[c-]1cccc1.Cc1ccc(S(=O)(=O)[O-])cc1.[Fe].[cH-]1[cH-][cH-][cH-][cH-]1. The molecule has 220 valence electrons. The molecule has 3 rings (SSSR count). The van der Waals surface area contributed by atoms with E-state index in [2.05, 4.69) is 45.3 Å². The monoisotopic (exact) mass is 583 g/mol. The Hall–Kier alpha value is -1.69. The second-order valence-corrected chi connectivity index (χ2v) is 11.9. The zero-order valence-corrected chi connectivity index (χ0v) is 25.8. The molecule has 3 aromatic carbocycles. The summed E-state index contributed by atoms with van der Waals surface area (Å²) < 4.78 is 32.3. The van der Waals surface area contributed by atoms with Gasteiger partial charge in [-0.1, -0.05) is 76.0 Å². The molecule has 0 unspecified atom stereocenters. The fraction of sp³-hybridized carbons (Fsp3) is 0.500. The summed E-state index contributed by atoms with van der Waals surface area (Å²) in [5.74, 6) is 0. The van der Waals surface area contributed by atoms with Gasteiger partial charge in [-0.3, -0.25) is 0 Å². The Morgan fingerprint density at radius 1 is 0.763 bits per heavy atom. The van der Waals surface area contributed by atoms with E-state index in [4.69, 9.17) is 0 Å². The van der Waals surface area contributed by atoms with Gasteiger partial charge in [-0.25, -0.2) is 20.6 Å². The minimum atomic E-state index is -4.27. The van der Waals surface area contributed by atoms with Gasteiger partial charge in [0.15, 0.2) is 0 Å². The minimum absolute atomic E-state index is 0. The summed E-state index contributed by atoms with van der Waals surface area (Å²) in [6.07, 6.45) is 14.3. The smallest absolute Gasteiger partial charge is 0.124 e. The van der Waals surface area contributed by atoms with Gasteiger partial charge in [-0.15, -0.1) is 5.56 Å². The first-order chi connectivity index (χ1) is 17.6. The van der Waals surface area contributed by atoms with Crippen molar-refractivity contribution in [1.29, 1.82) is 0 Å². The summed E-state index contributed by atoms with van der Waals surface area (Å²) in [6, 6.07) is 24.6. The molecule has 0 saturated carbocycles. The van der Waals surface area contributed by atoms with Crippen LogP contribution in [0, 0.1) is 6.92 Å². The van der Waals surface area contributed by atoms with Gasteiger partial charge >= 0.3 is 0 Å². The molecule has 0 radical (unpaired) electrons. The molecule has 0 aliphatic heterocycles. The molecule has 0 saturated heterocycles. The van der Waals surface area contributed by atoms with Gasteiger partial charge in [0.05, 0.1) is 32.1 Å². The standard InChI is InChI=1S/C20H37N.C7H8O3S.C5H5.Fe/c1-4-5-6-7-8-9-10-11-12-15-18-21(2,3)19-20-16-13-14-17-20;1-6-2-4-7(5-3-6)11(8,9)10;1-2-4-5-3-1;/h13-14,16-17H,4-12,15,18-19H2,1-3H3;2-5H,1H3,(H,8,9,10);1-5H;/q;;-5;/p-1. The molecule has 0 aromatic heterocycles. The second kappa shape index (κ2) is 21.2. The van der Waals surface area contributed by atoms with Crippen LogP contribution in [0.15, 0.2) is 83.8 Å². The predicted molar refractivity (Wildman–Crippen MR) is 156 cm³/mol. The van der Waals surface area contributed by atoms with Crippen molar-refractivity contribution in [2.45, 2.75) is 89.5 Å². The number of hydrogen-bond acceptors (Lipinski definition) is 3. The molecule has 0 bridgehead atoms. The zero-order valence-electron chi connectivity index (χ0n) is 23.9. The average Bonchev–Trinajstić information content (AvgIpc) is 3.57. The van der Waals surface area contributed by atoms with Crippen molar-refractivity contribution < 1.29 is 34.5 Å². The topological polar surface area (TPSA) is 57.2 Å². The number of benzene rings is 1. The third-order valence-corrected chi connectivity index (χ3v) is 7.17. The van der Waals surface area contributed by atoms with Crippen molar-refractivity contribution in [2.75, 3.05) is 20.6 Å². The summed E-state index contributed by atoms with van der Waals surface area (Å²) in [6.45, 7) is 6.59. The Balaban J connectivity index is 0.000000664. The van der Waals surface area contributed by atoms with Gasteiger partial charge < -0.3 is 39.4 Å². The third-order valence-electron chi connectivity index (χ3n) is 6.32. The number of rotatable bonds is 14. The van der Waals surface area contributed by atoms with Crippen LogP contribution in [0.25, 0.3) is 0 Å². The predicted octanol–water partition coefficient (Wildman–Crippen LogP) is 8.20. The average molecular weight is 584 g/mol. The third kappa shape index (κ3) is 19.4. The maximum Gasteiger partial charge on any atom is 0.124 e. The molecule has 0 aliphatic carbocycles. The Morgan fingerprint density at radius 3 is 1.61 bits per heavy atom. The van der Waals surface area contributed by atoms with Crippen LogP contribution >= 0.6 is 0 Å². The number of hydrogen-bond donors (Lipinski definition) is 0. The maximum atomic E-state index is 10.4. The van der Waals surface area contributed by atoms with Crippen LogP contribution in [0.5, 0.6) is 0 Å². The van der Waals surface area contributed by atoms with Gasteiger partial charge in [-0.2, -0.15) is 12.1 Å². The summed E-state index contributed by atoms with van der Waals surface area (Å²) in [5.41, 5.74) is 2.41. The van der Waals surface area contributed by atoms with Crippen molar-refractivity contribution in [3.05, 3.63) is 90.0 Å². The fourth-order valence-electron chi connectivity index (χ4n) is 4.15. The van der Waals surface area contributed by atoms with Crippen LogP contribution in [0.3, 0.4) is 0 Å². The van der Waals surface area contributed by atoms with E-state index in [1.165, 1.54) is 95.0 Å². The largest absolute Gasteiger partial charge is 0.748 e. The molecule has 6 heteroatoms. The Kier molecular flexibility index (Phi) is 20.2. The van der Waals surface area contributed by atoms with E-state index in [0.717, 1.165) is 10.0 Å². The van der Waals surface area contributed by atoms with Gasteiger partial charge in [0.1, 0.15) is 10.1 Å². The first-order valence-electron chi connectivity index (χ1n) is 13.9. The van der Waals surface area contributed by atoms with Gasteiger partial charge in [0.25, 0.3) is 0 Å². The van der Waals surface area contributed by atoms with Crippen LogP contribution in [0.2, 0.25) is 0 Å². The molecular weight excluding hydrogens is 534 g/mol. The first kappa shape index (κ1) is 36.3. The molecule has 0 N–H and O–H groups in total. The molecule has 38 heavy (non-hydrogen) atoms. The van der Waals surface area contributed by atoms with Crippen LogP contribution in [0.1, 0.15) is 82.3 Å². The van der Waals surface area contributed by atoms with E-state index in [1.807, 2.05) is 37.3 Å². The summed E-state index contributed by atoms with van der Waals surface area (Å²) in [5, 5.41) is 0. The maximum absolute atomic E-state index is 10.4. The molecule has 0 aliphatic rings. The zero-order chi connectivity index (χ0) is 27.4. The molecular formula is C32H49FeNO3S-6. The van der Waals surface area contributed by atoms with Crippen molar-refractivity contribution in [1.82, 2.24) is 0 Å². The van der Waals surface area contributed by atoms with Crippen LogP contribution in [0.4, 0.5) is 0 Å². The number of aryl methyl sites for hydroxylation is 1. The van der Waals surface area contributed by atoms with Crippen molar-refractivity contribution in [3.8, 4) is 0 Å². The van der Waals surface area contributed by atoms with Crippen LogP contribution in [-0.2, 0) is 33.7 Å². The van der Waals surface area contributed by atoms with Crippen molar-refractivity contribution in [2.24, 2.45) is 0 Å². The Labute approximate surface area is 244 Å². The molecule has 0 fully saturated rings. The molecule has 0 spiro atoms. The first-order valence-corrected chi connectivity index (χ1v) is 15.3. The van der Waals surface area contributed by atoms with Gasteiger partial charge in [0, 0.05) is 17.1 Å². The second-order valence-electron chi connectivity index (χ2n) is 10.5. The summed E-state index contributed by atoms with van der Waals surface area (Å²) >= 11 is 0. The fourth-order valence-corrected chi connectivity index (χ4v) is 4.61.